The van der Waals surface area contributed by atoms with Crippen LogP contribution in [0.3, 0.4) is 0 Å². The fourth-order valence-corrected chi connectivity index (χ4v) is 1.79. The molecule has 0 fully saturated rings. The second-order valence-corrected chi connectivity index (χ2v) is 3.63. The van der Waals surface area contributed by atoms with Crippen molar-refractivity contribution in [2.75, 3.05) is 5.32 Å². The SMILES string of the molecule is c1cc(Nc2cc[nH]c2)c2ccncc2c1. The van der Waals surface area contributed by atoms with Gasteiger partial charge < -0.3 is 10.3 Å². The summed E-state index contributed by atoms with van der Waals surface area (Å²) in [6, 6.07) is 10.2. The second-order valence-electron chi connectivity index (χ2n) is 3.63. The van der Waals surface area contributed by atoms with E-state index in [0.717, 1.165) is 16.8 Å². The summed E-state index contributed by atoms with van der Waals surface area (Å²) in [7, 11) is 0. The molecule has 16 heavy (non-hydrogen) atoms. The summed E-state index contributed by atoms with van der Waals surface area (Å²) < 4.78 is 0. The average Bonchev–Trinajstić information content (AvgIpc) is 2.82. The Bertz CT molecular complexity index is 594. The number of rotatable bonds is 2. The van der Waals surface area contributed by atoms with Crippen LogP contribution < -0.4 is 5.32 Å². The van der Waals surface area contributed by atoms with Crippen molar-refractivity contribution >= 4 is 22.1 Å². The highest BCUT2D eigenvalue weighted by atomic mass is 14.9. The van der Waals surface area contributed by atoms with Crippen LogP contribution in [-0.4, -0.2) is 9.97 Å². The number of hydrogen-bond acceptors (Lipinski definition) is 2. The van der Waals surface area contributed by atoms with Crippen molar-refractivity contribution in [2.45, 2.75) is 0 Å². The van der Waals surface area contributed by atoms with Gasteiger partial charge in [-0.25, -0.2) is 0 Å². The molecule has 0 unspecified atom stereocenters. The maximum Gasteiger partial charge on any atom is 0.0561 e. The third-order valence-electron chi connectivity index (χ3n) is 2.56. The molecule has 2 aromatic heterocycles. The van der Waals surface area contributed by atoms with Crippen molar-refractivity contribution in [3.8, 4) is 0 Å². The Balaban J connectivity index is 2.10. The van der Waals surface area contributed by atoms with E-state index in [1.165, 1.54) is 5.39 Å². The Labute approximate surface area is 93.1 Å². The van der Waals surface area contributed by atoms with Gasteiger partial charge >= 0.3 is 0 Å². The first-order valence-corrected chi connectivity index (χ1v) is 5.16. The summed E-state index contributed by atoms with van der Waals surface area (Å²) in [5.41, 5.74) is 2.16. The molecule has 0 aliphatic carbocycles. The molecule has 0 bridgehead atoms. The summed E-state index contributed by atoms with van der Waals surface area (Å²) in [5.74, 6) is 0. The van der Waals surface area contributed by atoms with Gasteiger partial charge in [0, 0.05) is 41.2 Å². The number of H-pyrrole nitrogens is 1. The number of nitrogens with zero attached hydrogens (tertiary/aromatic N) is 1. The highest BCUT2D eigenvalue weighted by Gasteiger charge is 2.00. The molecular weight excluding hydrogens is 198 g/mol. The normalized spacial score (nSPS) is 10.5. The molecule has 0 spiro atoms. The molecule has 3 aromatic rings. The van der Waals surface area contributed by atoms with Crippen LogP contribution in [0.4, 0.5) is 11.4 Å². The van der Waals surface area contributed by atoms with Gasteiger partial charge in [0.2, 0.25) is 0 Å². The van der Waals surface area contributed by atoms with Crippen LogP contribution in [-0.2, 0) is 0 Å². The molecule has 0 aliphatic heterocycles. The molecule has 2 heterocycles. The summed E-state index contributed by atoms with van der Waals surface area (Å²) in [4.78, 5) is 7.14. The van der Waals surface area contributed by atoms with E-state index in [2.05, 4.69) is 27.4 Å². The molecule has 78 valence electrons. The Morgan fingerprint density at radius 3 is 3.00 bits per heavy atom. The molecule has 0 atom stereocenters. The highest BCUT2D eigenvalue weighted by molar-refractivity contribution is 5.94. The molecular formula is C13H11N3. The van der Waals surface area contributed by atoms with Crippen LogP contribution in [0, 0.1) is 0 Å². The van der Waals surface area contributed by atoms with Crippen LogP contribution in [0.1, 0.15) is 0 Å². The Hall–Kier alpha value is -2.29. The third kappa shape index (κ3) is 1.52. The molecule has 3 heteroatoms. The highest BCUT2D eigenvalue weighted by Crippen LogP contribution is 2.25. The summed E-state index contributed by atoms with van der Waals surface area (Å²) in [5, 5.41) is 5.69. The quantitative estimate of drug-likeness (QED) is 0.679. The van der Waals surface area contributed by atoms with E-state index in [4.69, 9.17) is 0 Å². The zero-order chi connectivity index (χ0) is 10.8. The number of pyridine rings is 1. The Morgan fingerprint density at radius 1 is 1.12 bits per heavy atom. The van der Waals surface area contributed by atoms with Gasteiger partial charge in [-0.1, -0.05) is 12.1 Å². The lowest BCUT2D eigenvalue weighted by Crippen LogP contribution is -1.89. The predicted octanol–water partition coefficient (Wildman–Crippen LogP) is 3.31. The number of nitrogens with one attached hydrogen (secondary N) is 2. The first-order valence-electron chi connectivity index (χ1n) is 5.16. The minimum Gasteiger partial charge on any atom is -0.366 e. The first kappa shape index (κ1) is 8.97. The molecule has 3 rings (SSSR count). The smallest absolute Gasteiger partial charge is 0.0561 e. The topological polar surface area (TPSA) is 40.7 Å². The standard InChI is InChI=1S/C13H11N3/c1-2-10-8-14-7-5-12(10)13(3-1)16-11-4-6-15-9-11/h1-9,15-16H. The van der Waals surface area contributed by atoms with E-state index >= 15 is 0 Å². The maximum atomic E-state index is 4.12. The van der Waals surface area contributed by atoms with Crippen LogP contribution >= 0.6 is 0 Å². The fraction of sp³-hybridized carbons (Fsp3) is 0. The number of benzene rings is 1. The van der Waals surface area contributed by atoms with Crippen molar-refractivity contribution in [3.05, 3.63) is 55.1 Å². The molecule has 2 N–H and O–H groups in total. The average molecular weight is 209 g/mol. The van der Waals surface area contributed by atoms with Gasteiger partial charge in [0.05, 0.1) is 5.69 Å². The van der Waals surface area contributed by atoms with E-state index < -0.39 is 0 Å². The maximum absolute atomic E-state index is 4.12. The van der Waals surface area contributed by atoms with E-state index in [-0.39, 0.29) is 0 Å². The van der Waals surface area contributed by atoms with Crippen LogP contribution in [0.2, 0.25) is 0 Å². The fourth-order valence-electron chi connectivity index (χ4n) is 1.79. The lowest BCUT2D eigenvalue weighted by atomic mass is 10.1. The van der Waals surface area contributed by atoms with Gasteiger partial charge in [-0.2, -0.15) is 0 Å². The molecule has 0 aliphatic rings. The zero-order valence-electron chi connectivity index (χ0n) is 8.64. The van der Waals surface area contributed by atoms with Gasteiger partial charge in [-0.15, -0.1) is 0 Å². The molecule has 3 nitrogen and oxygen atoms in total. The van der Waals surface area contributed by atoms with E-state index in [1.807, 2.05) is 43.0 Å². The van der Waals surface area contributed by atoms with Gasteiger partial charge in [0.25, 0.3) is 0 Å². The van der Waals surface area contributed by atoms with Crippen LogP contribution in [0.5, 0.6) is 0 Å². The molecule has 1 aromatic carbocycles. The second kappa shape index (κ2) is 3.70. The number of fused-ring (bicyclic) bond motifs is 1. The van der Waals surface area contributed by atoms with Gasteiger partial charge in [0.1, 0.15) is 0 Å². The van der Waals surface area contributed by atoms with Crippen LogP contribution in [0.15, 0.2) is 55.1 Å². The van der Waals surface area contributed by atoms with Crippen molar-refractivity contribution in [3.63, 3.8) is 0 Å². The number of hydrogen-bond donors (Lipinski definition) is 2. The van der Waals surface area contributed by atoms with Crippen molar-refractivity contribution < 1.29 is 0 Å². The van der Waals surface area contributed by atoms with E-state index in [9.17, 15) is 0 Å². The minimum absolute atomic E-state index is 1.06. The number of aromatic nitrogens is 2. The van der Waals surface area contributed by atoms with Crippen LogP contribution in [0.25, 0.3) is 10.8 Å². The lowest BCUT2D eigenvalue weighted by molar-refractivity contribution is 1.36. The largest absolute Gasteiger partial charge is 0.366 e. The Morgan fingerprint density at radius 2 is 2.12 bits per heavy atom. The zero-order valence-corrected chi connectivity index (χ0v) is 8.64. The van der Waals surface area contributed by atoms with Gasteiger partial charge in [-0.05, 0) is 18.2 Å². The number of anilines is 2. The molecule has 0 saturated heterocycles. The summed E-state index contributed by atoms with van der Waals surface area (Å²) in [6.07, 6.45) is 7.51. The van der Waals surface area contributed by atoms with Gasteiger partial charge in [-0.3, -0.25) is 4.98 Å². The number of aromatic amines is 1. The minimum atomic E-state index is 1.06. The van der Waals surface area contributed by atoms with E-state index in [0.29, 0.717) is 0 Å². The molecule has 0 amide bonds. The monoisotopic (exact) mass is 209 g/mol. The summed E-state index contributed by atoms with van der Waals surface area (Å²) in [6.45, 7) is 0. The van der Waals surface area contributed by atoms with Gasteiger partial charge in [0.15, 0.2) is 0 Å². The van der Waals surface area contributed by atoms with E-state index in [1.54, 1.807) is 0 Å². The third-order valence-corrected chi connectivity index (χ3v) is 2.56. The van der Waals surface area contributed by atoms with Crippen molar-refractivity contribution in [2.24, 2.45) is 0 Å². The molecule has 0 saturated carbocycles. The van der Waals surface area contributed by atoms with Crippen molar-refractivity contribution in [1.82, 2.24) is 9.97 Å². The Kier molecular flexibility index (Phi) is 2.07. The molecule has 0 radical (unpaired) electrons. The predicted molar refractivity (Wildman–Crippen MR) is 65.8 cm³/mol. The summed E-state index contributed by atoms with van der Waals surface area (Å²) >= 11 is 0. The lowest BCUT2D eigenvalue weighted by Gasteiger charge is -2.07. The first-order chi connectivity index (χ1) is 7.93. The van der Waals surface area contributed by atoms with Crippen molar-refractivity contribution in [1.29, 1.82) is 0 Å².